The highest BCUT2D eigenvalue weighted by molar-refractivity contribution is 5.75. The molecule has 0 spiro atoms. The zero-order valence-corrected chi connectivity index (χ0v) is 8.15. The summed E-state index contributed by atoms with van der Waals surface area (Å²) in [5, 5.41) is 0. The van der Waals surface area contributed by atoms with Gasteiger partial charge in [-0.1, -0.05) is 6.07 Å². The van der Waals surface area contributed by atoms with E-state index in [0.29, 0.717) is 5.75 Å². The molecule has 0 saturated heterocycles. The van der Waals surface area contributed by atoms with E-state index in [0.717, 1.165) is 11.1 Å². The standard InChI is InChI=1S/C11H11NO2/c1-8-7-12-6-4-3-5-10(12)11(8)14-9(2)13/h3-7H,1-2H3. The summed E-state index contributed by atoms with van der Waals surface area (Å²) in [6.45, 7) is 3.33. The Labute approximate surface area is 81.9 Å². The van der Waals surface area contributed by atoms with Gasteiger partial charge >= 0.3 is 5.97 Å². The van der Waals surface area contributed by atoms with Crippen molar-refractivity contribution in [1.29, 1.82) is 0 Å². The fraction of sp³-hybridized carbons (Fsp3) is 0.182. The van der Waals surface area contributed by atoms with Crippen LogP contribution in [-0.4, -0.2) is 10.4 Å². The van der Waals surface area contributed by atoms with Gasteiger partial charge in [0, 0.05) is 24.9 Å². The van der Waals surface area contributed by atoms with Crippen LogP contribution in [0.25, 0.3) is 5.52 Å². The molecule has 2 aromatic rings. The number of carbonyl (C=O) groups is 1. The van der Waals surface area contributed by atoms with Crippen LogP contribution in [0.15, 0.2) is 30.6 Å². The normalized spacial score (nSPS) is 10.4. The predicted molar refractivity (Wildman–Crippen MR) is 53.4 cm³/mol. The van der Waals surface area contributed by atoms with E-state index in [9.17, 15) is 4.79 Å². The Balaban J connectivity index is 2.62. The second kappa shape index (κ2) is 3.18. The Kier molecular flexibility index (Phi) is 2.00. The summed E-state index contributed by atoms with van der Waals surface area (Å²) in [4.78, 5) is 10.9. The minimum Gasteiger partial charge on any atom is -0.424 e. The molecular formula is C11H11NO2. The predicted octanol–water partition coefficient (Wildman–Crippen LogP) is 2.17. The maximum absolute atomic E-state index is 10.9. The molecule has 2 aromatic heterocycles. The number of hydrogen-bond donors (Lipinski definition) is 0. The first-order valence-electron chi connectivity index (χ1n) is 4.43. The molecule has 3 nitrogen and oxygen atoms in total. The van der Waals surface area contributed by atoms with Crippen LogP contribution in [0.1, 0.15) is 12.5 Å². The van der Waals surface area contributed by atoms with Crippen LogP contribution in [0.2, 0.25) is 0 Å². The summed E-state index contributed by atoms with van der Waals surface area (Å²) in [7, 11) is 0. The summed E-state index contributed by atoms with van der Waals surface area (Å²) < 4.78 is 7.08. The number of fused-ring (bicyclic) bond motifs is 1. The molecule has 0 aliphatic heterocycles. The van der Waals surface area contributed by atoms with Crippen molar-refractivity contribution < 1.29 is 9.53 Å². The van der Waals surface area contributed by atoms with Gasteiger partial charge in [0.2, 0.25) is 0 Å². The molecule has 72 valence electrons. The van der Waals surface area contributed by atoms with E-state index in [2.05, 4.69) is 0 Å². The Morgan fingerprint density at radius 3 is 2.93 bits per heavy atom. The van der Waals surface area contributed by atoms with Crippen molar-refractivity contribution in [2.75, 3.05) is 0 Å². The number of nitrogens with zero attached hydrogens (tertiary/aromatic N) is 1. The molecular weight excluding hydrogens is 178 g/mol. The molecule has 14 heavy (non-hydrogen) atoms. The maximum Gasteiger partial charge on any atom is 0.308 e. The lowest BCUT2D eigenvalue weighted by Gasteiger charge is -2.00. The Morgan fingerprint density at radius 2 is 2.21 bits per heavy atom. The van der Waals surface area contributed by atoms with Gasteiger partial charge in [-0.15, -0.1) is 0 Å². The van der Waals surface area contributed by atoms with Gasteiger partial charge in [0.05, 0.1) is 5.52 Å². The van der Waals surface area contributed by atoms with Gasteiger partial charge < -0.3 is 9.14 Å². The molecule has 0 fully saturated rings. The third-order valence-corrected chi connectivity index (χ3v) is 2.06. The average molecular weight is 189 g/mol. The van der Waals surface area contributed by atoms with E-state index in [1.165, 1.54) is 6.92 Å². The summed E-state index contributed by atoms with van der Waals surface area (Å²) in [6, 6.07) is 5.77. The number of hydrogen-bond acceptors (Lipinski definition) is 2. The maximum atomic E-state index is 10.9. The zero-order chi connectivity index (χ0) is 10.1. The lowest BCUT2D eigenvalue weighted by atomic mass is 10.3. The number of rotatable bonds is 1. The summed E-state index contributed by atoms with van der Waals surface area (Å²) in [5.74, 6) is 0.364. The summed E-state index contributed by atoms with van der Waals surface area (Å²) >= 11 is 0. The van der Waals surface area contributed by atoms with Crippen LogP contribution >= 0.6 is 0 Å². The third-order valence-electron chi connectivity index (χ3n) is 2.06. The van der Waals surface area contributed by atoms with Crippen molar-refractivity contribution in [3.8, 4) is 5.75 Å². The van der Waals surface area contributed by atoms with E-state index >= 15 is 0 Å². The van der Waals surface area contributed by atoms with Crippen molar-refractivity contribution in [3.05, 3.63) is 36.2 Å². The molecule has 0 amide bonds. The van der Waals surface area contributed by atoms with Crippen LogP contribution in [0, 0.1) is 6.92 Å². The van der Waals surface area contributed by atoms with Crippen LogP contribution < -0.4 is 4.74 Å². The molecule has 2 rings (SSSR count). The van der Waals surface area contributed by atoms with Gasteiger partial charge in [0.1, 0.15) is 0 Å². The molecule has 0 aliphatic rings. The quantitative estimate of drug-likeness (QED) is 0.644. The SMILES string of the molecule is CC(=O)Oc1c(C)cn2ccccc12. The first-order chi connectivity index (χ1) is 6.68. The molecule has 0 radical (unpaired) electrons. The van der Waals surface area contributed by atoms with E-state index in [1.54, 1.807) is 0 Å². The average Bonchev–Trinajstić information content (AvgIpc) is 2.43. The topological polar surface area (TPSA) is 30.7 Å². The van der Waals surface area contributed by atoms with Crippen LogP contribution in [0.4, 0.5) is 0 Å². The van der Waals surface area contributed by atoms with E-state index in [1.807, 2.05) is 41.9 Å². The van der Waals surface area contributed by atoms with Crippen molar-refractivity contribution >= 4 is 11.5 Å². The van der Waals surface area contributed by atoms with E-state index in [-0.39, 0.29) is 5.97 Å². The second-order valence-corrected chi connectivity index (χ2v) is 3.23. The first kappa shape index (κ1) is 8.81. The van der Waals surface area contributed by atoms with Crippen molar-refractivity contribution in [3.63, 3.8) is 0 Å². The van der Waals surface area contributed by atoms with Crippen molar-refractivity contribution in [2.24, 2.45) is 0 Å². The molecule has 2 heterocycles. The lowest BCUT2D eigenvalue weighted by Crippen LogP contribution is -2.01. The Bertz CT molecular complexity index is 485. The van der Waals surface area contributed by atoms with Gasteiger partial charge in [-0.25, -0.2) is 0 Å². The molecule has 0 bridgehead atoms. The molecule has 0 aromatic carbocycles. The van der Waals surface area contributed by atoms with Gasteiger partial charge in [-0.3, -0.25) is 4.79 Å². The van der Waals surface area contributed by atoms with E-state index in [4.69, 9.17) is 4.74 Å². The summed E-state index contributed by atoms with van der Waals surface area (Å²) in [6.07, 6.45) is 3.86. The van der Waals surface area contributed by atoms with Crippen molar-refractivity contribution in [1.82, 2.24) is 4.40 Å². The smallest absolute Gasteiger partial charge is 0.308 e. The molecule has 0 atom stereocenters. The van der Waals surface area contributed by atoms with Gasteiger partial charge in [-0.2, -0.15) is 0 Å². The molecule has 0 N–H and O–H groups in total. The molecule has 0 saturated carbocycles. The van der Waals surface area contributed by atoms with E-state index < -0.39 is 0 Å². The van der Waals surface area contributed by atoms with Gasteiger partial charge in [-0.05, 0) is 19.1 Å². The lowest BCUT2D eigenvalue weighted by molar-refractivity contribution is -0.131. The highest BCUT2D eigenvalue weighted by Crippen LogP contribution is 2.26. The van der Waals surface area contributed by atoms with Crippen LogP contribution in [-0.2, 0) is 4.79 Å². The number of aryl methyl sites for hydroxylation is 1. The molecule has 0 aliphatic carbocycles. The Hall–Kier alpha value is -1.77. The minimum absolute atomic E-state index is 0.287. The summed E-state index contributed by atoms with van der Waals surface area (Å²) in [5.41, 5.74) is 1.88. The van der Waals surface area contributed by atoms with Gasteiger partial charge in [0.15, 0.2) is 5.75 Å². The first-order valence-corrected chi connectivity index (χ1v) is 4.43. The number of pyridine rings is 1. The minimum atomic E-state index is -0.287. The van der Waals surface area contributed by atoms with Crippen LogP contribution in [0.5, 0.6) is 5.75 Å². The fourth-order valence-electron chi connectivity index (χ4n) is 1.51. The fourth-order valence-corrected chi connectivity index (χ4v) is 1.51. The monoisotopic (exact) mass is 189 g/mol. The molecule has 3 heteroatoms. The van der Waals surface area contributed by atoms with Crippen molar-refractivity contribution in [2.45, 2.75) is 13.8 Å². The number of carbonyl (C=O) groups excluding carboxylic acids is 1. The molecule has 0 unspecified atom stereocenters. The highest BCUT2D eigenvalue weighted by Gasteiger charge is 2.09. The second-order valence-electron chi connectivity index (χ2n) is 3.23. The number of esters is 1. The van der Waals surface area contributed by atoms with Crippen LogP contribution in [0.3, 0.4) is 0 Å². The number of ether oxygens (including phenoxy) is 1. The third kappa shape index (κ3) is 1.37. The zero-order valence-electron chi connectivity index (χ0n) is 8.15. The highest BCUT2D eigenvalue weighted by atomic mass is 16.5. The largest absolute Gasteiger partial charge is 0.424 e. The Morgan fingerprint density at radius 1 is 1.43 bits per heavy atom. The number of aromatic nitrogens is 1. The van der Waals surface area contributed by atoms with Gasteiger partial charge in [0.25, 0.3) is 0 Å².